The predicted octanol–water partition coefficient (Wildman–Crippen LogP) is 4.11. The molecule has 0 aromatic heterocycles. The minimum Gasteiger partial charge on any atom is -0.490 e. The zero-order chi connectivity index (χ0) is 20.2. The molecule has 1 aromatic rings. The summed E-state index contributed by atoms with van der Waals surface area (Å²) in [4.78, 5) is 0. The lowest BCUT2D eigenvalue weighted by molar-refractivity contribution is 0.132. The Balaban J connectivity index is 1.92. The van der Waals surface area contributed by atoms with Gasteiger partial charge in [-0.3, -0.25) is 0 Å². The monoisotopic (exact) mass is 397 g/mol. The second kappa shape index (κ2) is 8.82. The molecule has 0 fully saturated rings. The van der Waals surface area contributed by atoms with Crippen LogP contribution >= 0.6 is 0 Å². The first-order valence-electron chi connectivity index (χ1n) is 9.92. The van der Waals surface area contributed by atoms with E-state index in [0.29, 0.717) is 43.7 Å². The molecular weight excluding hydrogens is 362 g/mol. The molecular formula is C21H35NO4S. The van der Waals surface area contributed by atoms with Gasteiger partial charge >= 0.3 is 0 Å². The average molecular weight is 398 g/mol. The Kier molecular flexibility index (Phi) is 7.20. The highest BCUT2D eigenvalue weighted by Gasteiger charge is 2.32. The number of rotatable bonds is 10. The van der Waals surface area contributed by atoms with E-state index in [4.69, 9.17) is 9.47 Å². The highest BCUT2D eigenvalue weighted by molar-refractivity contribution is 7.89. The van der Waals surface area contributed by atoms with Crippen LogP contribution in [-0.4, -0.2) is 43.8 Å². The Bertz CT molecular complexity index is 716. The van der Waals surface area contributed by atoms with Gasteiger partial charge in [0.2, 0.25) is 10.0 Å². The summed E-state index contributed by atoms with van der Waals surface area (Å²) in [5.41, 5.74) is 0.921. The highest BCUT2D eigenvalue weighted by Crippen LogP contribution is 2.41. The number of fused-ring (bicyclic) bond motifs is 1. The Labute approximate surface area is 165 Å². The van der Waals surface area contributed by atoms with E-state index in [1.165, 1.54) is 0 Å². The van der Waals surface area contributed by atoms with Crippen molar-refractivity contribution in [2.75, 3.05) is 25.4 Å². The van der Waals surface area contributed by atoms with Gasteiger partial charge in [-0.15, -0.1) is 0 Å². The third kappa shape index (κ3) is 6.39. The average Bonchev–Trinajstić information content (AvgIpc) is 2.84. The van der Waals surface area contributed by atoms with Crippen molar-refractivity contribution in [2.24, 2.45) is 11.8 Å². The molecule has 0 saturated heterocycles. The number of para-hydroxylation sites is 1. The van der Waals surface area contributed by atoms with E-state index in [1.807, 2.05) is 39.8 Å². The van der Waals surface area contributed by atoms with Gasteiger partial charge in [-0.2, -0.15) is 0 Å². The lowest BCUT2D eigenvalue weighted by Gasteiger charge is -2.25. The summed E-state index contributed by atoms with van der Waals surface area (Å²) in [5.74, 6) is 2.22. The maximum absolute atomic E-state index is 12.7. The molecule has 0 bridgehead atoms. The third-order valence-corrected chi connectivity index (χ3v) is 6.28. The standard InChI is InChI=1S/C21H35NO4S/c1-16(2)14-22(15-17(3)4)27(23,24)12-8-11-25-19-10-7-9-18-13-21(5,6)26-20(18)19/h7,9-10,16-17H,8,11-15H2,1-6H3. The minimum absolute atomic E-state index is 0.105. The number of benzene rings is 1. The Morgan fingerprint density at radius 2 is 1.78 bits per heavy atom. The van der Waals surface area contributed by atoms with Crippen LogP contribution in [0.1, 0.15) is 53.5 Å². The lowest BCUT2D eigenvalue weighted by Crippen LogP contribution is -2.38. The zero-order valence-electron chi connectivity index (χ0n) is 17.6. The van der Waals surface area contributed by atoms with Crippen molar-refractivity contribution < 1.29 is 17.9 Å². The molecule has 154 valence electrons. The van der Waals surface area contributed by atoms with E-state index in [-0.39, 0.29) is 11.4 Å². The summed E-state index contributed by atoms with van der Waals surface area (Å²) in [7, 11) is -3.27. The van der Waals surface area contributed by atoms with Crippen molar-refractivity contribution in [1.29, 1.82) is 0 Å². The van der Waals surface area contributed by atoms with Crippen molar-refractivity contribution in [2.45, 2.75) is 60.0 Å². The van der Waals surface area contributed by atoms with Gasteiger partial charge in [0.1, 0.15) is 5.60 Å². The molecule has 0 amide bonds. The van der Waals surface area contributed by atoms with Crippen molar-refractivity contribution in [3.63, 3.8) is 0 Å². The molecule has 0 atom stereocenters. The molecule has 1 heterocycles. The van der Waals surface area contributed by atoms with Crippen molar-refractivity contribution in [3.05, 3.63) is 23.8 Å². The molecule has 2 rings (SSSR count). The van der Waals surface area contributed by atoms with E-state index in [2.05, 4.69) is 19.9 Å². The van der Waals surface area contributed by atoms with Gasteiger partial charge in [0.05, 0.1) is 12.4 Å². The van der Waals surface area contributed by atoms with Crippen LogP contribution in [0.15, 0.2) is 18.2 Å². The number of sulfonamides is 1. The normalized spacial score (nSPS) is 16.0. The fourth-order valence-electron chi connectivity index (χ4n) is 3.37. The van der Waals surface area contributed by atoms with E-state index in [1.54, 1.807) is 4.31 Å². The smallest absolute Gasteiger partial charge is 0.214 e. The third-order valence-electron chi connectivity index (χ3n) is 4.39. The summed E-state index contributed by atoms with van der Waals surface area (Å²) in [5, 5.41) is 0. The summed E-state index contributed by atoms with van der Waals surface area (Å²) in [6.07, 6.45) is 1.31. The zero-order valence-corrected chi connectivity index (χ0v) is 18.4. The lowest BCUT2D eigenvalue weighted by atomic mass is 10.0. The molecule has 27 heavy (non-hydrogen) atoms. The first-order chi connectivity index (χ1) is 12.5. The summed E-state index contributed by atoms with van der Waals surface area (Å²) >= 11 is 0. The largest absolute Gasteiger partial charge is 0.490 e. The van der Waals surface area contributed by atoms with Crippen molar-refractivity contribution in [1.82, 2.24) is 4.31 Å². The van der Waals surface area contributed by atoms with Crippen LogP contribution in [0.4, 0.5) is 0 Å². The van der Waals surface area contributed by atoms with Crippen LogP contribution in [0.3, 0.4) is 0 Å². The molecule has 0 saturated carbocycles. The quantitative estimate of drug-likeness (QED) is 0.558. The van der Waals surface area contributed by atoms with Crippen LogP contribution in [0.25, 0.3) is 0 Å². The Morgan fingerprint density at radius 1 is 1.15 bits per heavy atom. The van der Waals surface area contributed by atoms with Gasteiger partial charge in [-0.25, -0.2) is 12.7 Å². The van der Waals surface area contributed by atoms with E-state index < -0.39 is 10.0 Å². The molecule has 0 N–H and O–H groups in total. The van der Waals surface area contributed by atoms with Crippen LogP contribution in [-0.2, 0) is 16.4 Å². The molecule has 0 aliphatic carbocycles. The van der Waals surface area contributed by atoms with Gasteiger partial charge < -0.3 is 9.47 Å². The van der Waals surface area contributed by atoms with Gasteiger partial charge in [-0.1, -0.05) is 39.8 Å². The number of ether oxygens (including phenoxy) is 2. The molecule has 0 spiro atoms. The fourth-order valence-corrected chi connectivity index (χ4v) is 5.16. The number of nitrogens with zero attached hydrogens (tertiary/aromatic N) is 1. The maximum Gasteiger partial charge on any atom is 0.214 e. The Hall–Kier alpha value is -1.27. The van der Waals surface area contributed by atoms with Gasteiger partial charge in [0.15, 0.2) is 11.5 Å². The summed E-state index contributed by atoms with van der Waals surface area (Å²) in [6.45, 7) is 13.8. The van der Waals surface area contributed by atoms with Crippen LogP contribution < -0.4 is 9.47 Å². The van der Waals surface area contributed by atoms with Crippen molar-refractivity contribution >= 4 is 10.0 Å². The second-order valence-corrected chi connectivity index (χ2v) is 11.0. The van der Waals surface area contributed by atoms with E-state index in [9.17, 15) is 8.42 Å². The van der Waals surface area contributed by atoms with Crippen LogP contribution in [0.5, 0.6) is 11.5 Å². The SMILES string of the molecule is CC(C)CN(CC(C)C)S(=O)(=O)CCCOc1cccc2c1OC(C)(C)C2. The first-order valence-corrected chi connectivity index (χ1v) is 11.5. The summed E-state index contributed by atoms with van der Waals surface area (Å²) in [6, 6.07) is 5.90. The molecule has 6 heteroatoms. The number of hydrogen-bond donors (Lipinski definition) is 0. The van der Waals surface area contributed by atoms with E-state index >= 15 is 0 Å². The predicted molar refractivity (Wildman–Crippen MR) is 110 cm³/mol. The molecule has 5 nitrogen and oxygen atoms in total. The first kappa shape index (κ1) is 22.0. The highest BCUT2D eigenvalue weighted by atomic mass is 32.2. The van der Waals surface area contributed by atoms with E-state index in [0.717, 1.165) is 17.7 Å². The molecule has 1 aliphatic rings. The van der Waals surface area contributed by atoms with Crippen LogP contribution in [0.2, 0.25) is 0 Å². The fraction of sp³-hybridized carbons (Fsp3) is 0.714. The summed E-state index contributed by atoms with van der Waals surface area (Å²) < 4.78 is 39.0. The van der Waals surface area contributed by atoms with Gasteiger partial charge in [0, 0.05) is 25.1 Å². The van der Waals surface area contributed by atoms with Crippen molar-refractivity contribution in [3.8, 4) is 11.5 Å². The topological polar surface area (TPSA) is 55.8 Å². The second-order valence-electron chi connectivity index (χ2n) is 8.91. The molecule has 0 radical (unpaired) electrons. The van der Waals surface area contributed by atoms with Gasteiger partial charge in [-0.05, 0) is 38.2 Å². The van der Waals surface area contributed by atoms with Gasteiger partial charge in [0.25, 0.3) is 0 Å². The molecule has 1 aliphatic heterocycles. The molecule has 1 aromatic carbocycles. The minimum atomic E-state index is -3.27. The van der Waals surface area contributed by atoms with Crippen LogP contribution in [0, 0.1) is 11.8 Å². The maximum atomic E-state index is 12.7. The molecule has 0 unspecified atom stereocenters. The Morgan fingerprint density at radius 3 is 2.37 bits per heavy atom. The number of hydrogen-bond acceptors (Lipinski definition) is 4.